The second-order valence-corrected chi connectivity index (χ2v) is 5.98. The molecule has 0 fully saturated rings. The molecule has 0 radical (unpaired) electrons. The number of hydrogen-bond donors (Lipinski definition) is 1. The topological polar surface area (TPSA) is 28.4 Å². The lowest BCUT2D eigenvalue weighted by atomic mass is 10.1. The summed E-state index contributed by atoms with van der Waals surface area (Å²) in [6.45, 7) is 14.1. The molecule has 0 aliphatic rings. The number of benzene rings is 1. The first-order valence-corrected chi connectivity index (χ1v) is 7.94. The van der Waals surface area contributed by atoms with Crippen molar-refractivity contribution in [1.29, 1.82) is 0 Å². The maximum absolute atomic E-state index is 10.4. The first-order valence-electron chi connectivity index (χ1n) is 7.94. The van der Waals surface area contributed by atoms with E-state index >= 15 is 0 Å². The number of fused-ring (bicyclic) bond motifs is 1. The average Bonchev–Trinajstić information content (AvgIpc) is 2.69. The van der Waals surface area contributed by atoms with Gasteiger partial charge in [-0.3, -0.25) is 0 Å². The Balaban J connectivity index is 2.28. The van der Waals surface area contributed by atoms with Crippen LogP contribution >= 0.6 is 0 Å². The van der Waals surface area contributed by atoms with E-state index in [1.807, 2.05) is 0 Å². The molecule has 1 atom stereocenters. The summed E-state index contributed by atoms with van der Waals surface area (Å²) in [6, 6.07) is 6.56. The molecule has 0 aliphatic carbocycles. The fourth-order valence-electron chi connectivity index (χ4n) is 3.05. The highest BCUT2D eigenvalue weighted by atomic mass is 16.3. The third-order valence-corrected chi connectivity index (χ3v) is 4.55. The van der Waals surface area contributed by atoms with E-state index < -0.39 is 0 Å². The van der Waals surface area contributed by atoms with E-state index in [0.717, 1.165) is 19.6 Å². The Bertz CT molecular complexity index is 611. The van der Waals surface area contributed by atoms with Gasteiger partial charge in [0.15, 0.2) is 0 Å². The van der Waals surface area contributed by atoms with Crippen molar-refractivity contribution < 1.29 is 5.11 Å². The molecule has 1 aromatic carbocycles. The normalized spacial score (nSPS) is 13.3. The molecule has 116 valence electrons. The minimum Gasteiger partial charge on any atom is -0.390 e. The van der Waals surface area contributed by atoms with Gasteiger partial charge in [0.1, 0.15) is 0 Å². The molecule has 3 heteroatoms. The van der Waals surface area contributed by atoms with Gasteiger partial charge >= 0.3 is 0 Å². The average molecular weight is 288 g/mol. The van der Waals surface area contributed by atoms with Gasteiger partial charge in [0.2, 0.25) is 0 Å². The second kappa shape index (κ2) is 6.63. The quantitative estimate of drug-likeness (QED) is 0.883. The van der Waals surface area contributed by atoms with Crippen molar-refractivity contribution >= 4 is 10.9 Å². The van der Waals surface area contributed by atoms with E-state index in [1.165, 1.54) is 27.7 Å². The zero-order valence-corrected chi connectivity index (χ0v) is 14.0. The highest BCUT2D eigenvalue weighted by molar-refractivity contribution is 5.85. The number of likely N-dealkylation sites (N-methyl/N-ethyl adjacent to an activating group) is 1. The van der Waals surface area contributed by atoms with E-state index in [4.69, 9.17) is 0 Å². The first-order chi connectivity index (χ1) is 9.97. The lowest BCUT2D eigenvalue weighted by molar-refractivity contribution is 0.104. The van der Waals surface area contributed by atoms with E-state index in [-0.39, 0.29) is 6.10 Å². The molecule has 0 spiro atoms. The van der Waals surface area contributed by atoms with Crippen LogP contribution in [0.3, 0.4) is 0 Å². The Kier molecular flexibility index (Phi) is 5.07. The summed E-state index contributed by atoms with van der Waals surface area (Å²) in [5, 5.41) is 11.7. The van der Waals surface area contributed by atoms with Gasteiger partial charge in [0, 0.05) is 23.1 Å². The number of aliphatic hydroxyl groups excluding tert-OH is 1. The lowest BCUT2D eigenvalue weighted by Gasteiger charge is -2.23. The monoisotopic (exact) mass is 288 g/mol. The van der Waals surface area contributed by atoms with Crippen LogP contribution < -0.4 is 0 Å². The number of hydrogen-bond acceptors (Lipinski definition) is 2. The van der Waals surface area contributed by atoms with Crippen LogP contribution in [0.15, 0.2) is 18.2 Å². The molecule has 0 saturated heterocycles. The van der Waals surface area contributed by atoms with Crippen LogP contribution in [-0.2, 0) is 6.54 Å². The van der Waals surface area contributed by atoms with Gasteiger partial charge in [-0.2, -0.15) is 0 Å². The highest BCUT2D eigenvalue weighted by Crippen LogP contribution is 2.26. The summed E-state index contributed by atoms with van der Waals surface area (Å²) >= 11 is 0. The fourth-order valence-corrected chi connectivity index (χ4v) is 3.05. The number of aliphatic hydroxyl groups is 1. The molecule has 0 aliphatic heterocycles. The molecule has 21 heavy (non-hydrogen) atoms. The fraction of sp³-hybridized carbons (Fsp3) is 0.556. The Hall–Kier alpha value is -1.32. The largest absolute Gasteiger partial charge is 0.390 e. The predicted molar refractivity (Wildman–Crippen MR) is 89.9 cm³/mol. The molecular formula is C18H28N2O. The lowest BCUT2D eigenvalue weighted by Crippen LogP contribution is -2.34. The SMILES string of the molecule is CCN(CC)C[C@H](O)Cn1c(C)c(C)c2cc(C)ccc21. The van der Waals surface area contributed by atoms with Crippen LogP contribution in [0.5, 0.6) is 0 Å². The molecule has 2 aromatic rings. The third-order valence-electron chi connectivity index (χ3n) is 4.55. The molecule has 2 rings (SSSR count). The predicted octanol–water partition coefficient (Wildman–Crippen LogP) is 3.27. The minimum atomic E-state index is -0.333. The zero-order valence-electron chi connectivity index (χ0n) is 14.0. The van der Waals surface area contributed by atoms with Crippen LogP contribution in [0.4, 0.5) is 0 Å². The molecule has 0 unspecified atom stereocenters. The summed E-state index contributed by atoms with van der Waals surface area (Å²) < 4.78 is 2.26. The van der Waals surface area contributed by atoms with Crippen molar-refractivity contribution in [2.45, 2.75) is 47.3 Å². The van der Waals surface area contributed by atoms with Gasteiger partial charge in [-0.15, -0.1) is 0 Å². The molecule has 1 N–H and O–H groups in total. The first kappa shape index (κ1) is 16.1. The molecule has 0 amide bonds. The number of rotatable bonds is 6. The Labute approximate surface area is 128 Å². The molecule has 0 saturated carbocycles. The standard InChI is InChI=1S/C18H28N2O/c1-6-19(7-2)11-16(21)12-20-15(5)14(4)17-10-13(3)8-9-18(17)20/h8-10,16,21H,6-7,11-12H2,1-5H3/t16-/m0/s1. The van der Waals surface area contributed by atoms with E-state index in [1.54, 1.807) is 0 Å². The van der Waals surface area contributed by atoms with Crippen molar-refractivity contribution in [2.24, 2.45) is 0 Å². The maximum atomic E-state index is 10.4. The van der Waals surface area contributed by atoms with E-state index in [9.17, 15) is 5.11 Å². The van der Waals surface area contributed by atoms with Crippen LogP contribution in [-0.4, -0.2) is 40.3 Å². The number of aryl methyl sites for hydroxylation is 2. The van der Waals surface area contributed by atoms with E-state index in [2.05, 4.69) is 62.3 Å². The van der Waals surface area contributed by atoms with Crippen molar-refractivity contribution in [3.05, 3.63) is 35.0 Å². The van der Waals surface area contributed by atoms with Gasteiger partial charge in [-0.05, 0) is 51.6 Å². The van der Waals surface area contributed by atoms with Crippen molar-refractivity contribution in [3.8, 4) is 0 Å². The number of aromatic nitrogens is 1. The highest BCUT2D eigenvalue weighted by Gasteiger charge is 2.15. The molecule has 0 bridgehead atoms. The van der Waals surface area contributed by atoms with Gasteiger partial charge < -0.3 is 14.6 Å². The molecule has 1 aromatic heterocycles. The summed E-state index contributed by atoms with van der Waals surface area (Å²) in [5.41, 5.74) is 5.10. The Morgan fingerprint density at radius 3 is 2.43 bits per heavy atom. The molecular weight excluding hydrogens is 260 g/mol. The van der Waals surface area contributed by atoms with E-state index in [0.29, 0.717) is 6.54 Å². The molecule has 1 heterocycles. The second-order valence-electron chi connectivity index (χ2n) is 5.98. The third kappa shape index (κ3) is 3.30. The van der Waals surface area contributed by atoms with Crippen molar-refractivity contribution in [2.75, 3.05) is 19.6 Å². The van der Waals surface area contributed by atoms with Gasteiger partial charge in [-0.1, -0.05) is 25.5 Å². The molecule has 3 nitrogen and oxygen atoms in total. The van der Waals surface area contributed by atoms with Crippen LogP contribution in [0.1, 0.15) is 30.7 Å². The zero-order chi connectivity index (χ0) is 15.6. The van der Waals surface area contributed by atoms with Crippen LogP contribution in [0, 0.1) is 20.8 Å². The Morgan fingerprint density at radius 1 is 1.14 bits per heavy atom. The summed E-state index contributed by atoms with van der Waals surface area (Å²) in [5.74, 6) is 0. The van der Waals surface area contributed by atoms with Crippen molar-refractivity contribution in [1.82, 2.24) is 9.47 Å². The Morgan fingerprint density at radius 2 is 1.81 bits per heavy atom. The minimum absolute atomic E-state index is 0.333. The summed E-state index contributed by atoms with van der Waals surface area (Å²) in [4.78, 5) is 2.27. The van der Waals surface area contributed by atoms with Gasteiger partial charge in [0.05, 0.1) is 12.6 Å². The van der Waals surface area contributed by atoms with Crippen molar-refractivity contribution in [3.63, 3.8) is 0 Å². The van der Waals surface area contributed by atoms with Gasteiger partial charge in [0.25, 0.3) is 0 Å². The smallest absolute Gasteiger partial charge is 0.0845 e. The maximum Gasteiger partial charge on any atom is 0.0845 e. The summed E-state index contributed by atoms with van der Waals surface area (Å²) in [7, 11) is 0. The van der Waals surface area contributed by atoms with Gasteiger partial charge in [-0.25, -0.2) is 0 Å². The number of nitrogens with zero attached hydrogens (tertiary/aromatic N) is 2. The van der Waals surface area contributed by atoms with Crippen LogP contribution in [0.2, 0.25) is 0 Å². The summed E-state index contributed by atoms with van der Waals surface area (Å²) in [6.07, 6.45) is -0.333. The van der Waals surface area contributed by atoms with Crippen LogP contribution in [0.25, 0.3) is 10.9 Å².